The highest BCUT2D eigenvalue weighted by molar-refractivity contribution is 5.45. The number of hydrogen-bond donors (Lipinski definition) is 0. The molecule has 0 aliphatic carbocycles. The van der Waals surface area contributed by atoms with Gasteiger partial charge in [0.25, 0.3) is 0 Å². The van der Waals surface area contributed by atoms with Crippen molar-refractivity contribution in [3.63, 3.8) is 0 Å². The smallest absolute Gasteiger partial charge is 0.248 e. The van der Waals surface area contributed by atoms with E-state index >= 15 is 0 Å². The van der Waals surface area contributed by atoms with Crippen LogP contribution in [0.4, 0.5) is 5.95 Å². The molecule has 2 aromatic heterocycles. The molecule has 0 atom stereocenters. The molecular weight excluding hydrogens is 206 g/mol. The van der Waals surface area contributed by atoms with Gasteiger partial charge >= 0.3 is 0 Å². The molecule has 0 bridgehead atoms. The number of rotatable bonds is 1. The van der Waals surface area contributed by atoms with Crippen molar-refractivity contribution in [1.82, 2.24) is 19.8 Å². The average Bonchev–Trinajstić information content (AvgIpc) is 2.73. The standard InChI is InChI=1S/C10H13N5O/c1-8-2-3-9-11-12-10(15(9)13-8)14-4-6-16-7-5-14/h2-3H,4-7H2,1H3. The lowest BCUT2D eigenvalue weighted by molar-refractivity contribution is 0.122. The highest BCUT2D eigenvalue weighted by Crippen LogP contribution is 2.13. The molecule has 0 spiro atoms. The lowest BCUT2D eigenvalue weighted by Gasteiger charge is -2.26. The summed E-state index contributed by atoms with van der Waals surface area (Å²) in [6.07, 6.45) is 0. The fourth-order valence-corrected chi connectivity index (χ4v) is 1.83. The number of morpholine rings is 1. The van der Waals surface area contributed by atoms with Gasteiger partial charge in [-0.05, 0) is 19.1 Å². The molecule has 1 aliphatic heterocycles. The first-order valence-electron chi connectivity index (χ1n) is 5.36. The Hall–Kier alpha value is -1.69. The number of aromatic nitrogens is 4. The zero-order valence-corrected chi connectivity index (χ0v) is 9.13. The molecular formula is C10H13N5O. The van der Waals surface area contributed by atoms with Gasteiger partial charge in [0.2, 0.25) is 5.95 Å². The van der Waals surface area contributed by atoms with Crippen molar-refractivity contribution in [1.29, 1.82) is 0 Å². The highest BCUT2D eigenvalue weighted by Gasteiger charge is 2.17. The van der Waals surface area contributed by atoms with E-state index in [9.17, 15) is 0 Å². The van der Waals surface area contributed by atoms with E-state index < -0.39 is 0 Å². The monoisotopic (exact) mass is 219 g/mol. The normalized spacial score (nSPS) is 16.9. The first-order valence-corrected chi connectivity index (χ1v) is 5.36. The molecule has 6 nitrogen and oxygen atoms in total. The van der Waals surface area contributed by atoms with Crippen molar-refractivity contribution < 1.29 is 4.74 Å². The predicted octanol–water partition coefficient (Wildman–Crippen LogP) is 0.269. The topological polar surface area (TPSA) is 55.5 Å². The van der Waals surface area contributed by atoms with Crippen LogP contribution in [0.15, 0.2) is 12.1 Å². The molecule has 0 N–H and O–H groups in total. The second-order valence-corrected chi connectivity index (χ2v) is 3.84. The van der Waals surface area contributed by atoms with Gasteiger partial charge in [0.05, 0.1) is 18.9 Å². The maximum absolute atomic E-state index is 5.31. The summed E-state index contributed by atoms with van der Waals surface area (Å²) in [5.74, 6) is 0.807. The largest absolute Gasteiger partial charge is 0.378 e. The Kier molecular flexibility index (Phi) is 2.21. The molecule has 1 aliphatic rings. The number of anilines is 1. The first-order chi connectivity index (χ1) is 7.84. The summed E-state index contributed by atoms with van der Waals surface area (Å²) in [4.78, 5) is 2.15. The van der Waals surface area contributed by atoms with Gasteiger partial charge in [-0.25, -0.2) is 0 Å². The number of fused-ring (bicyclic) bond motifs is 1. The molecule has 1 saturated heterocycles. The van der Waals surface area contributed by atoms with Crippen LogP contribution in [0.2, 0.25) is 0 Å². The van der Waals surface area contributed by atoms with Crippen molar-refractivity contribution in [3.05, 3.63) is 17.8 Å². The van der Waals surface area contributed by atoms with E-state index in [1.165, 1.54) is 0 Å². The predicted molar refractivity (Wildman–Crippen MR) is 58.6 cm³/mol. The van der Waals surface area contributed by atoms with Crippen molar-refractivity contribution in [2.24, 2.45) is 0 Å². The SMILES string of the molecule is Cc1ccc2nnc(N3CCOCC3)n2n1. The van der Waals surface area contributed by atoms with E-state index in [2.05, 4.69) is 20.2 Å². The summed E-state index contributed by atoms with van der Waals surface area (Å²) < 4.78 is 7.11. The number of nitrogens with zero attached hydrogens (tertiary/aromatic N) is 5. The first kappa shape index (κ1) is 9.53. The van der Waals surface area contributed by atoms with Crippen molar-refractivity contribution in [3.8, 4) is 0 Å². The number of ether oxygens (including phenoxy) is 1. The lowest BCUT2D eigenvalue weighted by Crippen LogP contribution is -2.37. The van der Waals surface area contributed by atoms with Crippen LogP contribution in [-0.4, -0.2) is 46.1 Å². The molecule has 0 saturated carbocycles. The Bertz CT molecular complexity index is 503. The molecule has 3 heterocycles. The molecule has 3 rings (SSSR count). The van der Waals surface area contributed by atoms with Gasteiger partial charge in [0, 0.05) is 13.1 Å². The quantitative estimate of drug-likeness (QED) is 0.689. The third-order valence-electron chi connectivity index (χ3n) is 2.67. The molecule has 0 unspecified atom stereocenters. The Morgan fingerprint density at radius 1 is 1.19 bits per heavy atom. The summed E-state index contributed by atoms with van der Waals surface area (Å²) >= 11 is 0. The van der Waals surface area contributed by atoms with E-state index in [4.69, 9.17) is 4.74 Å². The lowest BCUT2D eigenvalue weighted by atomic mass is 10.4. The van der Waals surface area contributed by atoms with Crippen LogP contribution in [0.1, 0.15) is 5.69 Å². The Morgan fingerprint density at radius 3 is 2.81 bits per heavy atom. The summed E-state index contributed by atoms with van der Waals surface area (Å²) in [6, 6.07) is 3.87. The van der Waals surface area contributed by atoms with Gasteiger partial charge in [-0.1, -0.05) is 0 Å². The van der Waals surface area contributed by atoms with Gasteiger partial charge in [-0.3, -0.25) is 0 Å². The Balaban J connectivity index is 2.05. The highest BCUT2D eigenvalue weighted by atomic mass is 16.5. The molecule has 0 radical (unpaired) electrons. The number of aryl methyl sites for hydroxylation is 1. The van der Waals surface area contributed by atoms with Gasteiger partial charge in [0.1, 0.15) is 0 Å². The fourth-order valence-electron chi connectivity index (χ4n) is 1.83. The van der Waals surface area contributed by atoms with Gasteiger partial charge in [0.15, 0.2) is 5.65 Å². The zero-order valence-electron chi connectivity index (χ0n) is 9.13. The van der Waals surface area contributed by atoms with Gasteiger partial charge in [-0.2, -0.15) is 9.61 Å². The van der Waals surface area contributed by atoms with Crippen LogP contribution >= 0.6 is 0 Å². The number of hydrogen-bond acceptors (Lipinski definition) is 5. The molecule has 16 heavy (non-hydrogen) atoms. The molecule has 2 aromatic rings. The van der Waals surface area contributed by atoms with Crippen LogP contribution in [0, 0.1) is 6.92 Å². The van der Waals surface area contributed by atoms with Gasteiger partial charge < -0.3 is 9.64 Å². The Labute approximate surface area is 92.8 Å². The second-order valence-electron chi connectivity index (χ2n) is 3.84. The maximum Gasteiger partial charge on any atom is 0.248 e. The van der Waals surface area contributed by atoms with E-state index in [-0.39, 0.29) is 0 Å². The second kappa shape index (κ2) is 3.71. The van der Waals surface area contributed by atoms with Crippen molar-refractivity contribution in [2.75, 3.05) is 31.2 Å². The van der Waals surface area contributed by atoms with Crippen LogP contribution in [-0.2, 0) is 4.74 Å². The van der Waals surface area contributed by atoms with Crippen molar-refractivity contribution in [2.45, 2.75) is 6.92 Å². The molecule has 1 fully saturated rings. The fraction of sp³-hybridized carbons (Fsp3) is 0.500. The molecule has 0 amide bonds. The summed E-state index contributed by atoms with van der Waals surface area (Å²) in [5.41, 5.74) is 1.74. The van der Waals surface area contributed by atoms with Crippen LogP contribution in [0.3, 0.4) is 0 Å². The third kappa shape index (κ3) is 1.51. The van der Waals surface area contributed by atoms with E-state index in [1.54, 1.807) is 4.52 Å². The minimum atomic E-state index is 0.737. The van der Waals surface area contributed by atoms with E-state index in [0.29, 0.717) is 0 Å². The summed E-state index contributed by atoms with van der Waals surface area (Å²) in [5, 5.41) is 12.7. The molecule has 6 heteroatoms. The zero-order chi connectivity index (χ0) is 11.0. The van der Waals surface area contributed by atoms with Crippen LogP contribution < -0.4 is 4.90 Å². The van der Waals surface area contributed by atoms with E-state index in [1.807, 2.05) is 19.1 Å². The minimum absolute atomic E-state index is 0.737. The maximum atomic E-state index is 5.31. The van der Waals surface area contributed by atoms with Crippen LogP contribution in [0.25, 0.3) is 5.65 Å². The third-order valence-corrected chi connectivity index (χ3v) is 2.67. The summed E-state index contributed by atoms with van der Waals surface area (Å²) in [6.45, 7) is 5.12. The van der Waals surface area contributed by atoms with E-state index in [0.717, 1.165) is 43.6 Å². The van der Waals surface area contributed by atoms with Crippen LogP contribution in [0.5, 0.6) is 0 Å². The average molecular weight is 219 g/mol. The molecule has 0 aromatic carbocycles. The molecule has 84 valence electrons. The minimum Gasteiger partial charge on any atom is -0.378 e. The summed E-state index contributed by atoms with van der Waals surface area (Å²) in [7, 11) is 0. The Morgan fingerprint density at radius 2 is 2.00 bits per heavy atom. The van der Waals surface area contributed by atoms with Crippen molar-refractivity contribution >= 4 is 11.6 Å². The van der Waals surface area contributed by atoms with Gasteiger partial charge in [-0.15, -0.1) is 10.2 Å².